The molecule has 1 aromatic carbocycles. The van der Waals surface area contributed by atoms with Crippen molar-refractivity contribution in [3.8, 4) is 0 Å². The van der Waals surface area contributed by atoms with Crippen molar-refractivity contribution in [2.45, 2.75) is 0 Å². The van der Waals surface area contributed by atoms with Gasteiger partial charge >= 0.3 is 0 Å². The summed E-state index contributed by atoms with van der Waals surface area (Å²) in [6, 6.07) is 9.57. The van der Waals surface area contributed by atoms with E-state index in [0.717, 1.165) is 11.1 Å². The van der Waals surface area contributed by atoms with Gasteiger partial charge in [-0.1, -0.05) is 35.5 Å². The molecular weight excluding hydrogens is 192 g/mol. The fraction of sp³-hybridized carbons (Fsp3) is 0.0909. The van der Waals surface area contributed by atoms with E-state index in [1.165, 1.54) is 13.3 Å². The van der Waals surface area contributed by atoms with E-state index < -0.39 is 0 Å². The van der Waals surface area contributed by atoms with Gasteiger partial charge in [-0.25, -0.2) is 0 Å². The van der Waals surface area contributed by atoms with Crippen LogP contribution in [0.5, 0.6) is 0 Å². The van der Waals surface area contributed by atoms with Crippen LogP contribution < -0.4 is 5.32 Å². The van der Waals surface area contributed by atoms with Crippen molar-refractivity contribution < 1.29 is 9.63 Å². The Hall–Kier alpha value is -2.10. The van der Waals surface area contributed by atoms with Crippen LogP contribution in [0.4, 0.5) is 0 Å². The Balaban J connectivity index is 2.91. The lowest BCUT2D eigenvalue weighted by molar-refractivity contribution is -0.108. The Bertz CT molecular complexity index is 358. The molecule has 0 aliphatic carbocycles. The largest absolute Gasteiger partial charge is 0.399 e. The highest BCUT2D eigenvalue weighted by molar-refractivity contribution is 6.09. The number of nitrogens with zero attached hydrogens (tertiary/aromatic N) is 1. The van der Waals surface area contributed by atoms with Crippen molar-refractivity contribution in [1.29, 1.82) is 0 Å². The summed E-state index contributed by atoms with van der Waals surface area (Å²) in [5, 5.41) is 6.12. The minimum absolute atomic E-state index is 0.601. The summed E-state index contributed by atoms with van der Waals surface area (Å²) in [6.45, 7) is 0. The second kappa shape index (κ2) is 6.37. The van der Waals surface area contributed by atoms with Crippen molar-refractivity contribution in [2.24, 2.45) is 5.16 Å². The van der Waals surface area contributed by atoms with Gasteiger partial charge < -0.3 is 10.2 Å². The maximum absolute atomic E-state index is 10.2. The topological polar surface area (TPSA) is 50.7 Å². The zero-order valence-electron chi connectivity index (χ0n) is 8.38. The summed E-state index contributed by atoms with van der Waals surface area (Å²) in [5.74, 6) is 0. The van der Waals surface area contributed by atoms with Crippen LogP contribution in [0.25, 0.3) is 5.57 Å². The maximum Gasteiger partial charge on any atom is 0.211 e. The summed E-state index contributed by atoms with van der Waals surface area (Å²) in [4.78, 5) is 14.8. The number of hydrogen-bond donors (Lipinski definition) is 1. The van der Waals surface area contributed by atoms with E-state index in [9.17, 15) is 4.79 Å². The second-order valence-electron chi connectivity index (χ2n) is 2.67. The molecule has 0 aliphatic rings. The number of nitrogens with one attached hydrogen (secondary N) is 1. The number of benzene rings is 1. The van der Waals surface area contributed by atoms with Gasteiger partial charge in [0.25, 0.3) is 0 Å². The lowest BCUT2D eigenvalue weighted by atomic mass is 10.1. The number of amides is 1. The van der Waals surface area contributed by atoms with Gasteiger partial charge in [0.1, 0.15) is 7.11 Å². The van der Waals surface area contributed by atoms with E-state index in [-0.39, 0.29) is 0 Å². The van der Waals surface area contributed by atoms with Crippen LogP contribution in [0.15, 0.2) is 41.7 Å². The van der Waals surface area contributed by atoms with E-state index in [1.54, 1.807) is 6.20 Å². The van der Waals surface area contributed by atoms with Gasteiger partial charge in [-0.3, -0.25) is 4.79 Å². The third-order valence-electron chi connectivity index (χ3n) is 1.71. The van der Waals surface area contributed by atoms with Crippen molar-refractivity contribution in [2.75, 3.05) is 7.11 Å². The molecule has 0 radical (unpaired) electrons. The van der Waals surface area contributed by atoms with E-state index in [2.05, 4.69) is 15.3 Å². The standard InChI is InChI=1S/C11H12N2O2/c1-15-13-8-11(7-12-9-14)10-5-3-2-4-6-10/h2-9H,1H3,(H,12,14)/b11-7-,13-8-. The average Bonchev–Trinajstić information content (AvgIpc) is 2.30. The molecule has 1 amide bonds. The molecule has 15 heavy (non-hydrogen) atoms. The first-order valence-electron chi connectivity index (χ1n) is 4.40. The summed E-state index contributed by atoms with van der Waals surface area (Å²) >= 11 is 0. The number of hydrogen-bond acceptors (Lipinski definition) is 3. The van der Waals surface area contributed by atoms with E-state index in [0.29, 0.717) is 6.41 Å². The van der Waals surface area contributed by atoms with Gasteiger partial charge in [0.05, 0.1) is 6.21 Å². The zero-order valence-corrected chi connectivity index (χ0v) is 8.38. The predicted octanol–water partition coefficient (Wildman–Crippen LogP) is 1.41. The molecular formula is C11H12N2O2. The fourth-order valence-corrected chi connectivity index (χ4v) is 1.06. The molecule has 0 unspecified atom stereocenters. The van der Waals surface area contributed by atoms with E-state index >= 15 is 0 Å². The van der Waals surface area contributed by atoms with Crippen molar-refractivity contribution in [3.05, 3.63) is 42.1 Å². The zero-order chi connectivity index (χ0) is 10.9. The normalized spacial score (nSPS) is 11.4. The molecule has 0 heterocycles. The SMILES string of the molecule is CO/N=C\C(=C\NC=O)c1ccccc1. The lowest BCUT2D eigenvalue weighted by Gasteiger charge is -2.00. The molecule has 0 aliphatic heterocycles. The Labute approximate surface area is 88.2 Å². The minimum atomic E-state index is 0.601. The second-order valence-corrected chi connectivity index (χ2v) is 2.67. The smallest absolute Gasteiger partial charge is 0.211 e. The van der Waals surface area contributed by atoms with Crippen LogP contribution in [0.2, 0.25) is 0 Å². The molecule has 1 rings (SSSR count). The quantitative estimate of drug-likeness (QED) is 0.448. The van der Waals surface area contributed by atoms with Gasteiger partial charge in [-0.2, -0.15) is 0 Å². The van der Waals surface area contributed by atoms with Crippen LogP contribution in [-0.2, 0) is 9.63 Å². The van der Waals surface area contributed by atoms with Gasteiger partial charge in [0, 0.05) is 11.8 Å². The van der Waals surface area contributed by atoms with E-state index in [4.69, 9.17) is 0 Å². The van der Waals surface area contributed by atoms with Gasteiger partial charge in [-0.15, -0.1) is 0 Å². The van der Waals surface area contributed by atoms with Gasteiger partial charge in [-0.05, 0) is 5.56 Å². The van der Waals surface area contributed by atoms with Gasteiger partial charge in [0.2, 0.25) is 6.41 Å². The molecule has 0 fully saturated rings. The van der Waals surface area contributed by atoms with Crippen LogP contribution in [0, 0.1) is 0 Å². The summed E-state index contributed by atoms with van der Waals surface area (Å²) in [6.07, 6.45) is 3.69. The number of carbonyl (C=O) groups excluding carboxylic acids is 1. The summed E-state index contributed by atoms with van der Waals surface area (Å²) in [5.41, 5.74) is 1.72. The number of allylic oxidation sites excluding steroid dienone is 1. The highest BCUT2D eigenvalue weighted by atomic mass is 16.6. The molecule has 1 N–H and O–H groups in total. The lowest BCUT2D eigenvalue weighted by Crippen LogP contribution is -2.02. The highest BCUT2D eigenvalue weighted by Crippen LogP contribution is 2.10. The molecule has 1 aromatic rings. The molecule has 4 heteroatoms. The number of carbonyl (C=O) groups is 1. The Kier molecular flexibility index (Phi) is 4.66. The summed E-state index contributed by atoms with van der Waals surface area (Å²) < 4.78 is 0. The third-order valence-corrected chi connectivity index (χ3v) is 1.71. The molecule has 78 valence electrons. The van der Waals surface area contributed by atoms with Crippen molar-refractivity contribution in [1.82, 2.24) is 5.32 Å². The molecule has 0 spiro atoms. The van der Waals surface area contributed by atoms with Gasteiger partial charge in [0.15, 0.2) is 0 Å². The first-order valence-corrected chi connectivity index (χ1v) is 4.40. The fourth-order valence-electron chi connectivity index (χ4n) is 1.06. The maximum atomic E-state index is 10.2. The Morgan fingerprint density at radius 2 is 2.13 bits per heavy atom. The number of rotatable bonds is 5. The average molecular weight is 204 g/mol. The molecule has 0 saturated heterocycles. The number of oxime groups is 1. The third kappa shape index (κ3) is 3.64. The molecule has 0 aromatic heterocycles. The first-order chi connectivity index (χ1) is 7.38. The first kappa shape index (κ1) is 11.0. The molecule has 0 bridgehead atoms. The highest BCUT2D eigenvalue weighted by Gasteiger charge is 1.96. The molecule has 0 atom stereocenters. The summed E-state index contributed by atoms with van der Waals surface area (Å²) in [7, 11) is 1.46. The molecule has 0 saturated carbocycles. The van der Waals surface area contributed by atoms with Crippen LogP contribution >= 0.6 is 0 Å². The van der Waals surface area contributed by atoms with Crippen LogP contribution in [0.1, 0.15) is 5.56 Å². The van der Waals surface area contributed by atoms with Crippen LogP contribution in [-0.4, -0.2) is 19.7 Å². The van der Waals surface area contributed by atoms with Crippen LogP contribution in [0.3, 0.4) is 0 Å². The predicted molar refractivity (Wildman–Crippen MR) is 59.1 cm³/mol. The minimum Gasteiger partial charge on any atom is -0.399 e. The monoisotopic (exact) mass is 204 g/mol. The van der Waals surface area contributed by atoms with Crippen molar-refractivity contribution >= 4 is 18.2 Å². The van der Waals surface area contributed by atoms with Crippen molar-refractivity contribution in [3.63, 3.8) is 0 Å². The van der Waals surface area contributed by atoms with E-state index in [1.807, 2.05) is 30.3 Å². The molecule has 4 nitrogen and oxygen atoms in total. The Morgan fingerprint density at radius 3 is 2.73 bits per heavy atom. The Morgan fingerprint density at radius 1 is 1.40 bits per heavy atom.